The number of benzene rings is 2. The fourth-order valence-corrected chi connectivity index (χ4v) is 6.54. The van der Waals surface area contributed by atoms with Crippen LogP contribution < -0.4 is 0 Å². The summed E-state index contributed by atoms with van der Waals surface area (Å²) in [6.07, 6.45) is 13.8. The van der Waals surface area contributed by atoms with Crippen molar-refractivity contribution in [2.24, 2.45) is 11.8 Å². The standard InChI is InChI=1S/C34H45F3O/c1-3-5-6-7-26-10-18-30(19-11-26)31-20-21-32(33(35)24-31)34(36,37)38-23-22-27-12-16-29(17-13-27)28-14-8-25(4-2)9-15-28/h3,5,12-13,16-17,20-21,24-26,28,30H,4,6-11,14-15,18-19,22-23H2,1-2H3/b5-3+. The van der Waals surface area contributed by atoms with Crippen molar-refractivity contribution in [1.82, 2.24) is 0 Å². The van der Waals surface area contributed by atoms with Crippen molar-refractivity contribution >= 4 is 0 Å². The number of hydrogen-bond acceptors (Lipinski definition) is 1. The topological polar surface area (TPSA) is 9.23 Å². The van der Waals surface area contributed by atoms with Gasteiger partial charge in [0, 0.05) is 0 Å². The molecule has 2 saturated carbocycles. The summed E-state index contributed by atoms with van der Waals surface area (Å²) in [6.45, 7) is 4.15. The predicted octanol–water partition coefficient (Wildman–Crippen LogP) is 10.4. The molecule has 208 valence electrons. The zero-order chi connectivity index (χ0) is 27.0. The number of hydrogen-bond donors (Lipinski definition) is 0. The minimum absolute atomic E-state index is 0.160. The van der Waals surface area contributed by atoms with Gasteiger partial charge in [0.15, 0.2) is 0 Å². The molecule has 38 heavy (non-hydrogen) atoms. The normalized spacial score (nSPS) is 24.7. The van der Waals surface area contributed by atoms with Crippen LogP contribution in [0.25, 0.3) is 0 Å². The molecule has 4 rings (SSSR count). The molecular formula is C34H45F3O. The van der Waals surface area contributed by atoms with Crippen LogP contribution in [0.15, 0.2) is 54.6 Å². The molecule has 2 aromatic carbocycles. The highest BCUT2D eigenvalue weighted by Crippen LogP contribution is 2.40. The summed E-state index contributed by atoms with van der Waals surface area (Å²) in [5, 5.41) is 0. The largest absolute Gasteiger partial charge is 0.386 e. The number of allylic oxidation sites excluding steroid dienone is 2. The second-order valence-electron chi connectivity index (χ2n) is 11.6. The fourth-order valence-electron chi connectivity index (χ4n) is 6.54. The molecule has 0 saturated heterocycles. The third-order valence-electron chi connectivity index (χ3n) is 9.15. The van der Waals surface area contributed by atoms with Gasteiger partial charge in [-0.05, 0) is 130 Å². The molecule has 0 aliphatic heterocycles. The number of rotatable bonds is 11. The van der Waals surface area contributed by atoms with Gasteiger partial charge >= 0.3 is 6.11 Å². The smallest absolute Gasteiger partial charge is 0.316 e. The van der Waals surface area contributed by atoms with Gasteiger partial charge in [0.25, 0.3) is 0 Å². The third-order valence-corrected chi connectivity index (χ3v) is 9.15. The van der Waals surface area contributed by atoms with Gasteiger partial charge in [0.05, 0.1) is 12.2 Å². The molecular weight excluding hydrogens is 481 g/mol. The second-order valence-corrected chi connectivity index (χ2v) is 11.6. The lowest BCUT2D eigenvalue weighted by atomic mass is 9.77. The van der Waals surface area contributed by atoms with Crippen LogP contribution in [0.1, 0.15) is 119 Å². The van der Waals surface area contributed by atoms with E-state index in [-0.39, 0.29) is 12.5 Å². The van der Waals surface area contributed by atoms with Crippen molar-refractivity contribution in [3.8, 4) is 0 Å². The second kappa shape index (κ2) is 13.8. The first-order chi connectivity index (χ1) is 18.4. The van der Waals surface area contributed by atoms with Crippen LogP contribution in [0.5, 0.6) is 0 Å². The van der Waals surface area contributed by atoms with Gasteiger partial charge in [-0.25, -0.2) is 4.39 Å². The Morgan fingerprint density at radius 1 is 0.842 bits per heavy atom. The average Bonchev–Trinajstić information content (AvgIpc) is 2.94. The zero-order valence-electron chi connectivity index (χ0n) is 23.2. The maximum Gasteiger partial charge on any atom is 0.386 e. The number of halogens is 3. The van der Waals surface area contributed by atoms with Crippen LogP contribution in [0, 0.1) is 17.7 Å². The summed E-state index contributed by atoms with van der Waals surface area (Å²) in [7, 11) is 0. The Balaban J connectivity index is 1.25. The molecule has 0 heterocycles. The van der Waals surface area contributed by atoms with Crippen molar-refractivity contribution in [3.63, 3.8) is 0 Å². The van der Waals surface area contributed by atoms with Crippen molar-refractivity contribution in [3.05, 3.63) is 82.7 Å². The van der Waals surface area contributed by atoms with Crippen molar-refractivity contribution < 1.29 is 17.9 Å². The SMILES string of the molecule is C/C=C/CCC1CCC(c2ccc(C(F)(F)OCCc3ccc(C4CCC(CC)CC4)cc3)c(F)c2)CC1. The Hall–Kier alpha value is -2.07. The van der Waals surface area contributed by atoms with Crippen LogP contribution in [-0.4, -0.2) is 6.61 Å². The van der Waals surface area contributed by atoms with Crippen LogP contribution >= 0.6 is 0 Å². The molecule has 0 N–H and O–H groups in total. The lowest BCUT2D eigenvalue weighted by Gasteiger charge is -2.29. The molecule has 0 spiro atoms. The van der Waals surface area contributed by atoms with E-state index in [0.29, 0.717) is 18.3 Å². The minimum Gasteiger partial charge on any atom is -0.316 e. The molecule has 2 aromatic rings. The zero-order valence-corrected chi connectivity index (χ0v) is 23.2. The first-order valence-corrected chi connectivity index (χ1v) is 14.9. The van der Waals surface area contributed by atoms with E-state index in [2.05, 4.69) is 31.2 Å². The molecule has 2 aliphatic carbocycles. The monoisotopic (exact) mass is 526 g/mol. The van der Waals surface area contributed by atoms with Crippen molar-refractivity contribution in [2.45, 2.75) is 109 Å². The van der Waals surface area contributed by atoms with E-state index in [1.807, 2.05) is 19.1 Å². The van der Waals surface area contributed by atoms with E-state index in [1.165, 1.54) is 56.2 Å². The maximum atomic E-state index is 14.8. The Kier molecular flexibility index (Phi) is 10.5. The quantitative estimate of drug-likeness (QED) is 0.265. The van der Waals surface area contributed by atoms with Gasteiger partial charge in [0.1, 0.15) is 5.82 Å². The van der Waals surface area contributed by atoms with Crippen molar-refractivity contribution in [1.29, 1.82) is 0 Å². The summed E-state index contributed by atoms with van der Waals surface area (Å²) in [4.78, 5) is 0. The highest BCUT2D eigenvalue weighted by molar-refractivity contribution is 5.29. The van der Waals surface area contributed by atoms with Gasteiger partial charge in [0.2, 0.25) is 0 Å². The van der Waals surface area contributed by atoms with E-state index in [9.17, 15) is 13.2 Å². The summed E-state index contributed by atoms with van der Waals surface area (Å²) < 4.78 is 49.4. The molecule has 4 heteroatoms. The van der Waals surface area contributed by atoms with Gasteiger partial charge in [-0.1, -0.05) is 55.8 Å². The average molecular weight is 527 g/mol. The highest BCUT2D eigenvalue weighted by Gasteiger charge is 2.36. The lowest BCUT2D eigenvalue weighted by molar-refractivity contribution is -0.249. The molecule has 2 aliphatic rings. The Morgan fingerprint density at radius 3 is 2.05 bits per heavy atom. The Morgan fingerprint density at radius 2 is 1.45 bits per heavy atom. The first kappa shape index (κ1) is 28.9. The fraction of sp³-hybridized carbons (Fsp3) is 0.588. The van der Waals surface area contributed by atoms with Gasteiger partial charge in [-0.15, -0.1) is 0 Å². The number of alkyl halides is 2. The molecule has 0 bridgehead atoms. The van der Waals surface area contributed by atoms with Gasteiger partial charge in [-0.3, -0.25) is 0 Å². The summed E-state index contributed by atoms with van der Waals surface area (Å²) in [6, 6.07) is 12.5. The lowest BCUT2D eigenvalue weighted by Crippen LogP contribution is -2.22. The van der Waals surface area contributed by atoms with Gasteiger partial charge < -0.3 is 4.74 Å². The molecule has 0 radical (unpaired) electrons. The first-order valence-electron chi connectivity index (χ1n) is 14.9. The molecule has 1 nitrogen and oxygen atoms in total. The highest BCUT2D eigenvalue weighted by atomic mass is 19.3. The third kappa shape index (κ3) is 7.74. The van der Waals surface area contributed by atoms with E-state index < -0.39 is 17.5 Å². The van der Waals surface area contributed by atoms with Crippen LogP contribution in [0.2, 0.25) is 0 Å². The molecule has 0 atom stereocenters. The number of ether oxygens (including phenoxy) is 1. The van der Waals surface area contributed by atoms with E-state index in [1.54, 1.807) is 6.07 Å². The predicted molar refractivity (Wildman–Crippen MR) is 150 cm³/mol. The van der Waals surface area contributed by atoms with Gasteiger partial charge in [-0.2, -0.15) is 8.78 Å². The Labute approximate surface area is 227 Å². The summed E-state index contributed by atoms with van der Waals surface area (Å²) >= 11 is 0. The molecule has 0 aromatic heterocycles. The summed E-state index contributed by atoms with van der Waals surface area (Å²) in [5.74, 6) is 1.56. The van der Waals surface area contributed by atoms with Crippen molar-refractivity contribution in [2.75, 3.05) is 6.61 Å². The summed E-state index contributed by atoms with van der Waals surface area (Å²) in [5.41, 5.74) is 2.47. The molecule has 0 amide bonds. The molecule has 2 fully saturated rings. The van der Waals surface area contributed by atoms with Crippen LogP contribution in [-0.2, 0) is 17.3 Å². The van der Waals surface area contributed by atoms with Crippen LogP contribution in [0.4, 0.5) is 13.2 Å². The van der Waals surface area contributed by atoms with Crippen LogP contribution in [0.3, 0.4) is 0 Å². The maximum absolute atomic E-state index is 14.8. The Bertz CT molecular complexity index is 1010. The van der Waals surface area contributed by atoms with E-state index >= 15 is 0 Å². The van der Waals surface area contributed by atoms with E-state index in [0.717, 1.165) is 49.1 Å². The molecule has 0 unspecified atom stereocenters. The van der Waals surface area contributed by atoms with E-state index in [4.69, 9.17) is 4.74 Å². The minimum atomic E-state index is -3.65.